The molecule has 6 rings (SSSR count). The van der Waals surface area contributed by atoms with E-state index in [1.807, 2.05) is 9.80 Å². The molecule has 2 fully saturated rings. The van der Waals surface area contributed by atoms with Crippen molar-refractivity contribution in [2.24, 2.45) is 0 Å². The Labute approximate surface area is 168 Å². The largest absolute Gasteiger partial charge is 0.359 e. The molecule has 0 bridgehead atoms. The monoisotopic (exact) mass is 426 g/mol. The molecule has 148 valence electrons. The van der Waals surface area contributed by atoms with E-state index in [1.165, 1.54) is 0 Å². The molecule has 10 nitrogen and oxygen atoms in total. The average Bonchev–Trinajstić information content (AvgIpc) is 3.37. The molecular weight excluding hydrogens is 411 g/mol. The van der Waals surface area contributed by atoms with Crippen LogP contribution in [0.3, 0.4) is 0 Å². The van der Waals surface area contributed by atoms with Gasteiger partial charge < -0.3 is 19.3 Å². The van der Waals surface area contributed by atoms with Crippen LogP contribution in [0.25, 0.3) is 0 Å². The minimum absolute atomic E-state index is 0.244. The molecule has 2 saturated heterocycles. The summed E-state index contributed by atoms with van der Waals surface area (Å²) in [5, 5.41) is 0.489. The molecule has 0 aromatic carbocycles. The number of hydrogen-bond donors (Lipinski definition) is 0. The summed E-state index contributed by atoms with van der Waals surface area (Å²) in [4.78, 5) is 34.4. The van der Waals surface area contributed by atoms with Crippen molar-refractivity contribution < 1.29 is 9.47 Å². The topological polar surface area (TPSA) is 94.7 Å². The fourth-order valence-electron chi connectivity index (χ4n) is 3.95. The lowest BCUT2D eigenvalue weighted by Gasteiger charge is -2.13. The fourth-order valence-corrected chi connectivity index (χ4v) is 4.29. The Morgan fingerprint density at radius 1 is 0.821 bits per heavy atom. The first-order valence-electron chi connectivity index (χ1n) is 8.75. The van der Waals surface area contributed by atoms with E-state index in [4.69, 9.17) is 32.7 Å². The van der Waals surface area contributed by atoms with Gasteiger partial charge in [0.2, 0.25) is 0 Å². The molecule has 0 aliphatic carbocycles. The SMILES string of the molecule is O=c1nc(Cl)cc2n1C[C@@H]1COCN21.O=c1nc(Cl)cc2n1C[C@H]1COCN21. The number of aromatic nitrogens is 4. The normalized spacial score (nSPS) is 23.8. The zero-order valence-corrected chi connectivity index (χ0v) is 16.1. The molecule has 2 aromatic rings. The maximum absolute atomic E-state index is 11.5. The van der Waals surface area contributed by atoms with Crippen molar-refractivity contribution in [3.63, 3.8) is 0 Å². The zero-order chi connectivity index (χ0) is 19.4. The summed E-state index contributed by atoms with van der Waals surface area (Å²) < 4.78 is 13.9. The van der Waals surface area contributed by atoms with Gasteiger partial charge >= 0.3 is 11.4 Å². The van der Waals surface area contributed by atoms with Crippen molar-refractivity contribution in [2.75, 3.05) is 36.5 Å². The van der Waals surface area contributed by atoms with Gasteiger partial charge in [0.25, 0.3) is 0 Å². The van der Waals surface area contributed by atoms with Gasteiger partial charge in [-0.1, -0.05) is 23.2 Å². The van der Waals surface area contributed by atoms with Gasteiger partial charge in [-0.15, -0.1) is 0 Å². The Hall–Kier alpha value is -2.14. The summed E-state index contributed by atoms with van der Waals surface area (Å²) in [7, 11) is 0. The maximum atomic E-state index is 11.5. The maximum Gasteiger partial charge on any atom is 0.350 e. The van der Waals surface area contributed by atoms with Crippen LogP contribution in [0.5, 0.6) is 0 Å². The lowest BCUT2D eigenvalue weighted by Crippen LogP contribution is -2.26. The standard InChI is InChI=1S/2C8H8ClN3O2/c2*9-6-1-7-11(8(13)10-6)2-5-3-14-4-12(5)7/h2*1,5H,2-4H2/t2*5-/m10/s1. The molecule has 2 aromatic heterocycles. The van der Waals surface area contributed by atoms with Crippen LogP contribution in [0.1, 0.15) is 0 Å². The average molecular weight is 427 g/mol. The minimum Gasteiger partial charge on any atom is -0.359 e. The molecule has 0 amide bonds. The third-order valence-corrected chi connectivity index (χ3v) is 5.64. The van der Waals surface area contributed by atoms with Crippen molar-refractivity contribution in [3.05, 3.63) is 43.4 Å². The number of fused-ring (bicyclic) bond motifs is 6. The van der Waals surface area contributed by atoms with Gasteiger partial charge in [-0.25, -0.2) is 9.59 Å². The molecule has 28 heavy (non-hydrogen) atoms. The quantitative estimate of drug-likeness (QED) is 0.549. The highest BCUT2D eigenvalue weighted by molar-refractivity contribution is 6.29. The van der Waals surface area contributed by atoms with E-state index in [-0.39, 0.29) is 33.8 Å². The predicted octanol–water partition coefficient (Wildman–Crippen LogP) is 0.146. The molecule has 0 unspecified atom stereocenters. The van der Waals surface area contributed by atoms with Gasteiger partial charge in [0.15, 0.2) is 0 Å². The number of halogens is 2. The molecule has 0 spiro atoms. The third kappa shape index (κ3) is 2.87. The van der Waals surface area contributed by atoms with E-state index >= 15 is 0 Å². The second kappa shape index (κ2) is 6.73. The fraction of sp³-hybridized carbons (Fsp3) is 0.500. The van der Waals surface area contributed by atoms with Crippen molar-refractivity contribution in [3.8, 4) is 0 Å². The molecule has 12 heteroatoms. The van der Waals surface area contributed by atoms with E-state index in [9.17, 15) is 9.59 Å². The van der Waals surface area contributed by atoms with Crippen LogP contribution >= 0.6 is 23.2 Å². The Morgan fingerprint density at radius 3 is 1.68 bits per heavy atom. The highest BCUT2D eigenvalue weighted by Gasteiger charge is 2.35. The number of anilines is 2. The Kier molecular flexibility index (Phi) is 4.31. The summed E-state index contributed by atoms with van der Waals surface area (Å²) >= 11 is 11.5. The third-order valence-electron chi connectivity index (χ3n) is 5.25. The summed E-state index contributed by atoms with van der Waals surface area (Å²) in [5.41, 5.74) is -0.552. The lowest BCUT2D eigenvalue weighted by atomic mass is 10.3. The molecule has 0 radical (unpaired) electrons. The summed E-state index contributed by atoms with van der Waals surface area (Å²) in [6.45, 7) is 3.70. The number of nitrogens with zero attached hydrogens (tertiary/aromatic N) is 6. The summed E-state index contributed by atoms with van der Waals surface area (Å²) in [6, 6.07) is 3.95. The number of rotatable bonds is 0. The molecule has 0 saturated carbocycles. The van der Waals surface area contributed by atoms with Gasteiger partial charge in [-0.05, 0) is 0 Å². The summed E-state index contributed by atoms with van der Waals surface area (Å²) in [6.07, 6.45) is 0. The second-order valence-electron chi connectivity index (χ2n) is 6.91. The van der Waals surface area contributed by atoms with Crippen LogP contribution in [0.2, 0.25) is 10.3 Å². The molecule has 0 N–H and O–H groups in total. The smallest absolute Gasteiger partial charge is 0.350 e. The summed E-state index contributed by atoms with van der Waals surface area (Å²) in [5.74, 6) is 1.63. The van der Waals surface area contributed by atoms with Crippen LogP contribution in [-0.4, -0.2) is 57.9 Å². The van der Waals surface area contributed by atoms with Crippen molar-refractivity contribution in [1.82, 2.24) is 19.1 Å². The number of ether oxygens (including phenoxy) is 2. The molecule has 4 aliphatic heterocycles. The van der Waals surface area contributed by atoms with Crippen LogP contribution in [0.15, 0.2) is 21.7 Å². The molecular formula is C16H16Cl2N6O4. The van der Waals surface area contributed by atoms with E-state index < -0.39 is 0 Å². The molecule has 6 heterocycles. The highest BCUT2D eigenvalue weighted by atomic mass is 35.5. The number of hydrogen-bond acceptors (Lipinski definition) is 8. The first kappa shape index (κ1) is 17.9. The van der Waals surface area contributed by atoms with Gasteiger partial charge in [-0.3, -0.25) is 9.13 Å². The van der Waals surface area contributed by atoms with Gasteiger partial charge in [0.1, 0.15) is 35.4 Å². The van der Waals surface area contributed by atoms with E-state index in [0.29, 0.717) is 39.8 Å². The van der Waals surface area contributed by atoms with Crippen molar-refractivity contribution >= 4 is 34.8 Å². The van der Waals surface area contributed by atoms with Crippen LogP contribution in [0.4, 0.5) is 11.6 Å². The van der Waals surface area contributed by atoms with Gasteiger partial charge in [0, 0.05) is 12.1 Å². The van der Waals surface area contributed by atoms with Gasteiger partial charge in [0.05, 0.1) is 38.4 Å². The second-order valence-corrected chi connectivity index (χ2v) is 7.68. The first-order chi connectivity index (χ1) is 13.5. The van der Waals surface area contributed by atoms with E-state index in [0.717, 1.165) is 11.6 Å². The lowest BCUT2D eigenvalue weighted by molar-refractivity contribution is 0.189. The van der Waals surface area contributed by atoms with Crippen molar-refractivity contribution in [2.45, 2.75) is 25.2 Å². The Bertz CT molecular complexity index is 973. The Balaban J connectivity index is 0.000000122. The molecule has 4 aliphatic rings. The van der Waals surface area contributed by atoms with E-state index in [2.05, 4.69) is 9.97 Å². The Morgan fingerprint density at radius 2 is 1.25 bits per heavy atom. The minimum atomic E-state index is -0.276. The molecule has 2 atom stereocenters. The zero-order valence-electron chi connectivity index (χ0n) is 14.6. The van der Waals surface area contributed by atoms with Crippen molar-refractivity contribution in [1.29, 1.82) is 0 Å². The first-order valence-corrected chi connectivity index (χ1v) is 9.50. The van der Waals surface area contributed by atoms with Crippen LogP contribution in [-0.2, 0) is 22.6 Å². The van der Waals surface area contributed by atoms with Crippen LogP contribution in [0, 0.1) is 0 Å². The predicted molar refractivity (Wildman–Crippen MR) is 101 cm³/mol. The van der Waals surface area contributed by atoms with Gasteiger partial charge in [-0.2, -0.15) is 9.97 Å². The highest BCUT2D eigenvalue weighted by Crippen LogP contribution is 2.29. The van der Waals surface area contributed by atoms with Crippen LogP contribution < -0.4 is 21.2 Å². The van der Waals surface area contributed by atoms with E-state index in [1.54, 1.807) is 21.3 Å².